The molecule has 1 heterocycles. The van der Waals surface area contributed by atoms with E-state index in [1.54, 1.807) is 35.3 Å². The Kier molecular flexibility index (Phi) is 5.53. The van der Waals surface area contributed by atoms with E-state index in [1.807, 2.05) is 38.1 Å². The van der Waals surface area contributed by atoms with Gasteiger partial charge in [0, 0.05) is 22.3 Å². The second-order valence-electron chi connectivity index (χ2n) is 6.16. The molecular weight excluding hydrogens is 350 g/mol. The molecule has 26 heavy (non-hydrogen) atoms. The molecule has 3 aromatic rings. The molecular formula is C19H20ClN5O. The second kappa shape index (κ2) is 8.01. The molecule has 0 saturated heterocycles. The number of hydrogen-bond donors (Lipinski definition) is 2. The molecule has 0 radical (unpaired) electrons. The predicted octanol–water partition coefficient (Wildman–Crippen LogP) is 3.67. The lowest BCUT2D eigenvalue weighted by Crippen LogP contribution is -2.29. The number of aromatic nitrogens is 3. The normalized spacial score (nSPS) is 10.8. The number of nitrogens with zero attached hydrogens (tertiary/aromatic N) is 3. The van der Waals surface area contributed by atoms with Crippen molar-refractivity contribution in [2.24, 2.45) is 0 Å². The van der Waals surface area contributed by atoms with Crippen molar-refractivity contribution in [3.63, 3.8) is 0 Å². The molecule has 1 amide bonds. The molecule has 0 fully saturated rings. The van der Waals surface area contributed by atoms with Crippen LogP contribution in [0.4, 0.5) is 5.69 Å². The molecule has 0 aliphatic rings. The second-order valence-corrected chi connectivity index (χ2v) is 6.60. The van der Waals surface area contributed by atoms with Gasteiger partial charge in [0.05, 0.1) is 18.4 Å². The highest BCUT2D eigenvalue weighted by atomic mass is 35.5. The van der Waals surface area contributed by atoms with E-state index < -0.39 is 0 Å². The molecule has 0 atom stereocenters. The smallest absolute Gasteiger partial charge is 0.251 e. The zero-order valence-electron chi connectivity index (χ0n) is 14.6. The van der Waals surface area contributed by atoms with Gasteiger partial charge in [-0.1, -0.05) is 11.6 Å². The Bertz CT molecular complexity index is 872. The van der Waals surface area contributed by atoms with Gasteiger partial charge in [-0.2, -0.15) is 15.0 Å². The van der Waals surface area contributed by atoms with Crippen LogP contribution in [0.1, 0.15) is 29.9 Å². The summed E-state index contributed by atoms with van der Waals surface area (Å²) in [6.07, 6.45) is 1.71. The first-order valence-electron chi connectivity index (χ1n) is 8.33. The molecule has 0 aliphatic carbocycles. The third-order valence-corrected chi connectivity index (χ3v) is 3.89. The van der Waals surface area contributed by atoms with Crippen molar-refractivity contribution < 1.29 is 4.79 Å². The molecule has 7 heteroatoms. The Morgan fingerprint density at radius 1 is 1.12 bits per heavy atom. The lowest BCUT2D eigenvalue weighted by molar-refractivity contribution is 0.0943. The van der Waals surface area contributed by atoms with E-state index in [-0.39, 0.29) is 11.9 Å². The summed E-state index contributed by atoms with van der Waals surface area (Å²) >= 11 is 5.89. The zero-order valence-corrected chi connectivity index (χ0v) is 15.4. The molecule has 2 N–H and O–H groups in total. The summed E-state index contributed by atoms with van der Waals surface area (Å²) in [5.41, 5.74) is 3.20. The minimum absolute atomic E-state index is 0.0718. The van der Waals surface area contributed by atoms with Gasteiger partial charge in [-0.05, 0) is 62.4 Å². The Hall–Kier alpha value is -2.86. The summed E-state index contributed by atoms with van der Waals surface area (Å²) in [5, 5.41) is 15.5. The number of amides is 1. The van der Waals surface area contributed by atoms with Crippen LogP contribution in [0, 0.1) is 0 Å². The van der Waals surface area contributed by atoms with Gasteiger partial charge >= 0.3 is 0 Å². The number of halogens is 1. The van der Waals surface area contributed by atoms with Crippen LogP contribution < -0.4 is 10.6 Å². The molecule has 0 spiro atoms. The fourth-order valence-corrected chi connectivity index (χ4v) is 2.48. The van der Waals surface area contributed by atoms with Gasteiger partial charge < -0.3 is 10.6 Å². The van der Waals surface area contributed by atoms with Crippen molar-refractivity contribution in [2.75, 3.05) is 5.32 Å². The molecule has 6 nitrogen and oxygen atoms in total. The summed E-state index contributed by atoms with van der Waals surface area (Å²) in [6.45, 7) is 4.40. The summed E-state index contributed by atoms with van der Waals surface area (Å²) in [7, 11) is 0. The maximum atomic E-state index is 11.9. The number of rotatable bonds is 6. The van der Waals surface area contributed by atoms with Gasteiger partial charge in [-0.3, -0.25) is 4.79 Å². The average molecular weight is 370 g/mol. The van der Waals surface area contributed by atoms with Crippen LogP contribution in [0.2, 0.25) is 5.02 Å². The van der Waals surface area contributed by atoms with Gasteiger partial charge in [-0.15, -0.1) is 0 Å². The monoisotopic (exact) mass is 369 g/mol. The Morgan fingerprint density at radius 2 is 1.81 bits per heavy atom. The number of carbonyl (C=O) groups is 1. The molecule has 3 rings (SSSR count). The summed E-state index contributed by atoms with van der Waals surface area (Å²) < 4.78 is 0. The number of benzene rings is 2. The van der Waals surface area contributed by atoms with Crippen molar-refractivity contribution in [2.45, 2.75) is 26.4 Å². The summed E-state index contributed by atoms with van der Waals surface area (Å²) in [6, 6.07) is 14.8. The highest BCUT2D eigenvalue weighted by Crippen LogP contribution is 2.13. The standard InChI is InChI=1S/C19H20ClN5O/c1-13(2)23-19(26)14-3-7-16(8-4-14)21-11-17-12-22-25(24-17)18-9-5-15(20)6-10-18/h3-10,12-13,21H,11H2,1-2H3,(H,23,26). The van der Waals surface area contributed by atoms with Crippen LogP contribution in [0.25, 0.3) is 5.69 Å². The fraction of sp³-hybridized carbons (Fsp3) is 0.211. The maximum absolute atomic E-state index is 11.9. The molecule has 0 aliphatic heterocycles. The highest BCUT2D eigenvalue weighted by molar-refractivity contribution is 6.30. The Labute approximate surface area is 157 Å². The van der Waals surface area contributed by atoms with Crippen molar-refractivity contribution >= 4 is 23.2 Å². The predicted molar refractivity (Wildman–Crippen MR) is 103 cm³/mol. The Balaban J connectivity index is 1.59. The summed E-state index contributed by atoms with van der Waals surface area (Å²) in [4.78, 5) is 13.5. The quantitative estimate of drug-likeness (QED) is 0.695. The van der Waals surface area contributed by atoms with Crippen LogP contribution in [-0.2, 0) is 6.54 Å². The minimum Gasteiger partial charge on any atom is -0.379 e. The molecule has 0 bridgehead atoms. The largest absolute Gasteiger partial charge is 0.379 e. The number of carbonyl (C=O) groups excluding carboxylic acids is 1. The third kappa shape index (κ3) is 4.61. The number of nitrogens with one attached hydrogen (secondary N) is 2. The van der Waals surface area contributed by atoms with Crippen molar-refractivity contribution in [3.05, 3.63) is 71.0 Å². The number of anilines is 1. The van der Waals surface area contributed by atoms with Crippen LogP contribution in [0.5, 0.6) is 0 Å². The van der Waals surface area contributed by atoms with Gasteiger partial charge in [0.2, 0.25) is 0 Å². The first kappa shape index (κ1) is 17.9. The van der Waals surface area contributed by atoms with E-state index in [0.29, 0.717) is 17.1 Å². The van der Waals surface area contributed by atoms with Crippen LogP contribution in [0.15, 0.2) is 54.7 Å². The maximum Gasteiger partial charge on any atom is 0.251 e. The topological polar surface area (TPSA) is 71.8 Å². The van der Waals surface area contributed by atoms with Crippen LogP contribution >= 0.6 is 11.6 Å². The van der Waals surface area contributed by atoms with Gasteiger partial charge in [0.25, 0.3) is 5.91 Å². The van der Waals surface area contributed by atoms with Gasteiger partial charge in [0.1, 0.15) is 5.69 Å². The molecule has 0 unspecified atom stereocenters. The van der Waals surface area contributed by atoms with E-state index >= 15 is 0 Å². The zero-order chi connectivity index (χ0) is 18.5. The SMILES string of the molecule is CC(C)NC(=O)c1ccc(NCc2cnn(-c3ccc(Cl)cc3)n2)cc1. The Morgan fingerprint density at radius 3 is 2.46 bits per heavy atom. The van der Waals surface area contributed by atoms with E-state index in [4.69, 9.17) is 11.6 Å². The first-order valence-corrected chi connectivity index (χ1v) is 8.71. The first-order chi connectivity index (χ1) is 12.5. The molecule has 1 aromatic heterocycles. The van der Waals surface area contributed by atoms with Gasteiger partial charge in [0.15, 0.2) is 0 Å². The van der Waals surface area contributed by atoms with Crippen molar-refractivity contribution in [3.8, 4) is 5.69 Å². The van der Waals surface area contributed by atoms with Gasteiger partial charge in [-0.25, -0.2) is 0 Å². The molecule has 2 aromatic carbocycles. The van der Waals surface area contributed by atoms with E-state index in [2.05, 4.69) is 20.8 Å². The van der Waals surface area contributed by atoms with Crippen molar-refractivity contribution in [1.82, 2.24) is 20.3 Å². The highest BCUT2D eigenvalue weighted by Gasteiger charge is 2.07. The van der Waals surface area contributed by atoms with E-state index in [0.717, 1.165) is 17.1 Å². The average Bonchev–Trinajstić information content (AvgIpc) is 3.09. The third-order valence-electron chi connectivity index (χ3n) is 3.64. The van der Waals surface area contributed by atoms with Crippen LogP contribution in [-0.4, -0.2) is 26.9 Å². The number of hydrogen-bond acceptors (Lipinski definition) is 4. The fourth-order valence-electron chi connectivity index (χ4n) is 2.35. The van der Waals surface area contributed by atoms with Crippen LogP contribution in [0.3, 0.4) is 0 Å². The van der Waals surface area contributed by atoms with E-state index in [1.165, 1.54) is 0 Å². The minimum atomic E-state index is -0.0718. The molecule has 134 valence electrons. The molecule has 0 saturated carbocycles. The summed E-state index contributed by atoms with van der Waals surface area (Å²) in [5.74, 6) is -0.0718. The van der Waals surface area contributed by atoms with E-state index in [9.17, 15) is 4.79 Å². The lowest BCUT2D eigenvalue weighted by Gasteiger charge is -2.09. The van der Waals surface area contributed by atoms with Crippen molar-refractivity contribution in [1.29, 1.82) is 0 Å². The lowest BCUT2D eigenvalue weighted by atomic mass is 10.2.